The first-order valence-electron chi connectivity index (χ1n) is 12.5. The van der Waals surface area contributed by atoms with Crippen molar-refractivity contribution in [3.8, 4) is 11.4 Å². The Labute approximate surface area is 191 Å². The van der Waals surface area contributed by atoms with Crippen LogP contribution in [0.2, 0.25) is 0 Å². The Kier molecular flexibility index (Phi) is 4.90. The predicted molar refractivity (Wildman–Crippen MR) is 127 cm³/mol. The molecule has 6 nitrogen and oxygen atoms in total. The Morgan fingerprint density at radius 2 is 2.09 bits per heavy atom. The third kappa shape index (κ3) is 3.57. The van der Waals surface area contributed by atoms with Crippen LogP contribution in [0.15, 0.2) is 30.0 Å². The van der Waals surface area contributed by atoms with Crippen LogP contribution in [-0.4, -0.2) is 50.6 Å². The highest BCUT2D eigenvalue weighted by Crippen LogP contribution is 2.51. The van der Waals surface area contributed by atoms with Crippen molar-refractivity contribution in [1.82, 2.24) is 24.9 Å². The molecule has 1 saturated heterocycles. The van der Waals surface area contributed by atoms with E-state index in [1.54, 1.807) is 5.57 Å². The van der Waals surface area contributed by atoms with E-state index in [-0.39, 0.29) is 0 Å². The van der Waals surface area contributed by atoms with Gasteiger partial charge in [-0.2, -0.15) is 5.10 Å². The second-order valence-corrected chi connectivity index (χ2v) is 11.3. The number of anilines is 1. The molecule has 2 aromatic rings. The van der Waals surface area contributed by atoms with Gasteiger partial charge in [-0.25, -0.2) is 0 Å². The summed E-state index contributed by atoms with van der Waals surface area (Å²) in [5, 5.41) is 17.1. The number of allylic oxidation sites excluding steroid dienone is 2. The van der Waals surface area contributed by atoms with E-state index >= 15 is 0 Å². The van der Waals surface area contributed by atoms with Crippen LogP contribution >= 0.6 is 0 Å². The Morgan fingerprint density at radius 3 is 2.88 bits per heavy atom. The number of fused-ring (bicyclic) bond motifs is 3. The summed E-state index contributed by atoms with van der Waals surface area (Å²) < 4.78 is 1.87. The van der Waals surface area contributed by atoms with Crippen molar-refractivity contribution < 1.29 is 0 Å². The summed E-state index contributed by atoms with van der Waals surface area (Å²) in [4.78, 5) is 2.80. The van der Waals surface area contributed by atoms with Gasteiger partial charge in [0.05, 0.1) is 11.9 Å². The van der Waals surface area contributed by atoms with Gasteiger partial charge in [0.15, 0.2) is 0 Å². The topological polar surface area (TPSA) is 58.9 Å². The van der Waals surface area contributed by atoms with Gasteiger partial charge in [-0.05, 0) is 86.3 Å². The number of rotatable bonds is 5. The van der Waals surface area contributed by atoms with Gasteiger partial charge in [0.2, 0.25) is 0 Å². The van der Waals surface area contributed by atoms with Gasteiger partial charge in [-0.15, -0.1) is 10.2 Å². The van der Waals surface area contributed by atoms with Crippen molar-refractivity contribution in [2.24, 2.45) is 30.2 Å². The lowest BCUT2D eigenvalue weighted by Gasteiger charge is -2.39. The first-order chi connectivity index (χ1) is 15.5. The van der Waals surface area contributed by atoms with E-state index in [1.807, 2.05) is 17.9 Å². The molecular weight excluding hydrogens is 396 g/mol. The van der Waals surface area contributed by atoms with Crippen molar-refractivity contribution in [2.45, 2.75) is 58.4 Å². The predicted octanol–water partition coefficient (Wildman–Crippen LogP) is 4.44. The fraction of sp³-hybridized carbons (Fsp3) is 0.654. The molecule has 5 unspecified atom stereocenters. The second-order valence-electron chi connectivity index (χ2n) is 11.3. The van der Waals surface area contributed by atoms with Gasteiger partial charge in [-0.3, -0.25) is 4.68 Å². The first-order valence-corrected chi connectivity index (χ1v) is 12.5. The fourth-order valence-electron chi connectivity index (χ4n) is 7.52. The normalized spacial score (nSPS) is 34.0. The molecule has 170 valence electrons. The molecule has 2 aromatic heterocycles. The molecule has 5 atom stereocenters. The Hall–Kier alpha value is -2.21. The van der Waals surface area contributed by atoms with E-state index in [0.29, 0.717) is 11.5 Å². The molecule has 4 aliphatic rings. The minimum atomic E-state index is 0.517. The fourth-order valence-corrected chi connectivity index (χ4v) is 7.52. The second kappa shape index (κ2) is 7.68. The Morgan fingerprint density at radius 1 is 1.19 bits per heavy atom. The summed E-state index contributed by atoms with van der Waals surface area (Å²) in [6, 6.07) is 4.67. The van der Waals surface area contributed by atoms with Crippen LogP contribution in [0.25, 0.3) is 11.4 Å². The zero-order valence-electron chi connectivity index (χ0n) is 19.7. The van der Waals surface area contributed by atoms with Crippen LogP contribution in [-0.2, 0) is 7.05 Å². The molecule has 3 heterocycles. The highest BCUT2D eigenvalue weighted by Gasteiger charge is 2.47. The Bertz CT molecular complexity index is 1000. The maximum atomic E-state index is 4.52. The van der Waals surface area contributed by atoms with E-state index in [0.717, 1.165) is 40.5 Å². The third-order valence-electron chi connectivity index (χ3n) is 8.67. The van der Waals surface area contributed by atoms with Crippen LogP contribution in [0.3, 0.4) is 0 Å². The largest absolute Gasteiger partial charge is 0.366 e. The molecule has 3 fully saturated rings. The van der Waals surface area contributed by atoms with Crippen molar-refractivity contribution in [1.29, 1.82) is 0 Å². The van der Waals surface area contributed by atoms with Gasteiger partial charge >= 0.3 is 0 Å². The van der Waals surface area contributed by atoms with E-state index in [1.165, 1.54) is 58.2 Å². The molecule has 3 aliphatic carbocycles. The smallest absolute Gasteiger partial charge is 0.148 e. The molecule has 0 amide bonds. The van der Waals surface area contributed by atoms with Crippen molar-refractivity contribution >= 4 is 5.82 Å². The quantitative estimate of drug-likeness (QED) is 0.708. The van der Waals surface area contributed by atoms with Crippen molar-refractivity contribution in [2.75, 3.05) is 25.0 Å². The van der Waals surface area contributed by atoms with Crippen LogP contribution in [0, 0.1) is 30.1 Å². The minimum Gasteiger partial charge on any atom is -0.366 e. The number of hydrogen-bond donors (Lipinski definition) is 1. The average molecular weight is 433 g/mol. The molecule has 1 aliphatic heterocycles. The minimum absolute atomic E-state index is 0.517. The summed E-state index contributed by atoms with van der Waals surface area (Å²) in [5.74, 6) is 3.35. The van der Waals surface area contributed by atoms with E-state index in [9.17, 15) is 0 Å². The average Bonchev–Trinajstić information content (AvgIpc) is 3.48. The number of aromatic nitrogens is 4. The van der Waals surface area contributed by atoms with Gasteiger partial charge in [0.1, 0.15) is 11.5 Å². The molecular formula is C26H36N6. The summed E-state index contributed by atoms with van der Waals surface area (Å²) in [6.07, 6.45) is 12.5. The van der Waals surface area contributed by atoms with E-state index in [4.69, 9.17) is 0 Å². The maximum absolute atomic E-state index is 4.52. The number of hydrogen-bond acceptors (Lipinski definition) is 5. The van der Waals surface area contributed by atoms with Crippen molar-refractivity contribution in [3.63, 3.8) is 0 Å². The third-order valence-corrected chi connectivity index (χ3v) is 8.67. The number of nitrogens with zero attached hydrogens (tertiary/aromatic N) is 5. The molecule has 0 radical (unpaired) electrons. The lowest BCUT2D eigenvalue weighted by molar-refractivity contribution is 0.127. The molecule has 6 heteroatoms. The lowest BCUT2D eigenvalue weighted by Crippen LogP contribution is -2.39. The first kappa shape index (κ1) is 20.4. The van der Waals surface area contributed by atoms with Gasteiger partial charge in [0.25, 0.3) is 0 Å². The van der Waals surface area contributed by atoms with Crippen LogP contribution < -0.4 is 5.32 Å². The summed E-state index contributed by atoms with van der Waals surface area (Å²) >= 11 is 0. The highest BCUT2D eigenvalue weighted by molar-refractivity contribution is 5.59. The van der Waals surface area contributed by atoms with Crippen LogP contribution in [0.5, 0.6) is 0 Å². The summed E-state index contributed by atoms with van der Waals surface area (Å²) in [7, 11) is 1.96. The zero-order chi connectivity index (χ0) is 21.9. The number of likely N-dealkylation sites (tertiary alicyclic amines) is 1. The van der Waals surface area contributed by atoms with Gasteiger partial charge in [0, 0.05) is 32.7 Å². The standard InChI is InChI=1S/C26H36N6/c1-17-10-19-8-9-26(11-17,12-19)16-32-14-20-4-5-22(21(20)15-32)28-24-7-6-23(29-30-24)25-18(2)13-27-31(25)3/h6-8,13,17,20-22H,4-5,9-12,14-16H2,1-3H3,(H,28,30). The summed E-state index contributed by atoms with van der Waals surface area (Å²) in [5.41, 5.74) is 5.33. The lowest BCUT2D eigenvalue weighted by atomic mass is 9.71. The van der Waals surface area contributed by atoms with Crippen LogP contribution in [0.1, 0.15) is 51.0 Å². The molecule has 2 bridgehead atoms. The monoisotopic (exact) mass is 432 g/mol. The van der Waals surface area contributed by atoms with Gasteiger partial charge in [-0.1, -0.05) is 18.6 Å². The molecule has 2 saturated carbocycles. The number of nitrogens with one attached hydrogen (secondary N) is 1. The molecule has 0 aromatic carbocycles. The zero-order valence-corrected chi connectivity index (χ0v) is 19.7. The molecule has 0 spiro atoms. The molecule has 6 rings (SSSR count). The maximum Gasteiger partial charge on any atom is 0.148 e. The SMILES string of the molecule is Cc1cnn(C)c1-c1ccc(NC2CCC3CN(CC45CC=C(CC(C)C4)C5)CC32)nn1. The molecule has 32 heavy (non-hydrogen) atoms. The molecule has 1 N–H and O–H groups in total. The Balaban J connectivity index is 1.10. The number of aryl methyl sites for hydroxylation is 2. The van der Waals surface area contributed by atoms with Crippen LogP contribution in [0.4, 0.5) is 5.82 Å². The van der Waals surface area contributed by atoms with Gasteiger partial charge < -0.3 is 10.2 Å². The summed E-state index contributed by atoms with van der Waals surface area (Å²) in [6.45, 7) is 8.35. The highest BCUT2D eigenvalue weighted by atomic mass is 15.3. The van der Waals surface area contributed by atoms with E-state index < -0.39 is 0 Å². The van der Waals surface area contributed by atoms with Crippen molar-refractivity contribution in [3.05, 3.63) is 35.5 Å². The van der Waals surface area contributed by atoms with E-state index in [2.05, 4.69) is 57.6 Å².